The number of hydrogen-bond donors (Lipinski definition) is 1. The van der Waals surface area contributed by atoms with Gasteiger partial charge in [0.1, 0.15) is 16.1 Å². The SMILES string of the molecule is Cc1ccc(NC(=O)CSc2ncnc3nc(N4CCC[C@H](C)C4)sc23)c(C)c1. The Labute approximate surface area is 179 Å². The lowest BCUT2D eigenvalue weighted by Crippen LogP contribution is -2.34. The van der Waals surface area contributed by atoms with Crippen LogP contribution in [0.5, 0.6) is 0 Å². The van der Waals surface area contributed by atoms with Gasteiger partial charge >= 0.3 is 0 Å². The molecule has 1 atom stereocenters. The zero-order valence-electron chi connectivity index (χ0n) is 16.9. The number of fused-ring (bicyclic) bond motifs is 1. The van der Waals surface area contributed by atoms with E-state index in [0.717, 1.165) is 44.8 Å². The highest BCUT2D eigenvalue weighted by Gasteiger charge is 2.21. The highest BCUT2D eigenvalue weighted by atomic mass is 32.2. The van der Waals surface area contributed by atoms with Gasteiger partial charge in [0.2, 0.25) is 5.91 Å². The number of carbonyl (C=O) groups is 1. The van der Waals surface area contributed by atoms with E-state index in [9.17, 15) is 4.79 Å². The molecule has 1 aromatic carbocycles. The number of nitrogens with one attached hydrogen (secondary N) is 1. The number of carbonyl (C=O) groups excluding carboxylic acids is 1. The normalized spacial score (nSPS) is 16.9. The molecule has 0 radical (unpaired) electrons. The summed E-state index contributed by atoms with van der Waals surface area (Å²) in [7, 11) is 0. The largest absolute Gasteiger partial charge is 0.348 e. The third kappa shape index (κ3) is 4.70. The summed E-state index contributed by atoms with van der Waals surface area (Å²) in [5.41, 5.74) is 3.82. The van der Waals surface area contributed by atoms with Crippen LogP contribution in [0, 0.1) is 19.8 Å². The monoisotopic (exact) mass is 427 g/mol. The van der Waals surface area contributed by atoms with Crippen LogP contribution < -0.4 is 10.2 Å². The van der Waals surface area contributed by atoms with Gasteiger partial charge in [-0.25, -0.2) is 9.97 Å². The molecule has 4 rings (SSSR count). The van der Waals surface area contributed by atoms with E-state index in [-0.39, 0.29) is 5.91 Å². The van der Waals surface area contributed by atoms with Crippen LogP contribution in [0.15, 0.2) is 29.6 Å². The van der Waals surface area contributed by atoms with Crippen molar-refractivity contribution in [1.82, 2.24) is 15.0 Å². The fourth-order valence-corrected chi connectivity index (χ4v) is 5.52. The van der Waals surface area contributed by atoms with Gasteiger partial charge in [-0.3, -0.25) is 4.79 Å². The highest BCUT2D eigenvalue weighted by Crippen LogP contribution is 2.35. The molecule has 29 heavy (non-hydrogen) atoms. The first-order valence-electron chi connectivity index (χ1n) is 9.86. The van der Waals surface area contributed by atoms with E-state index in [1.807, 2.05) is 26.0 Å². The molecule has 1 amide bonds. The lowest BCUT2D eigenvalue weighted by atomic mass is 10.0. The van der Waals surface area contributed by atoms with Crippen molar-refractivity contribution in [3.63, 3.8) is 0 Å². The molecule has 2 aromatic heterocycles. The van der Waals surface area contributed by atoms with E-state index in [0.29, 0.717) is 11.7 Å². The summed E-state index contributed by atoms with van der Waals surface area (Å²) in [4.78, 5) is 28.3. The Hall–Kier alpha value is -2.19. The second-order valence-corrected chi connectivity index (χ2v) is 9.62. The summed E-state index contributed by atoms with van der Waals surface area (Å²) < 4.78 is 0.963. The maximum absolute atomic E-state index is 12.5. The zero-order valence-corrected chi connectivity index (χ0v) is 18.6. The van der Waals surface area contributed by atoms with E-state index >= 15 is 0 Å². The molecule has 8 heteroatoms. The molecule has 1 N–H and O–H groups in total. The van der Waals surface area contributed by atoms with Crippen molar-refractivity contribution >= 4 is 50.2 Å². The minimum atomic E-state index is -0.0386. The summed E-state index contributed by atoms with van der Waals surface area (Å²) in [5.74, 6) is 0.945. The molecule has 0 unspecified atom stereocenters. The molecule has 1 fully saturated rings. The molecule has 0 saturated carbocycles. The van der Waals surface area contributed by atoms with E-state index in [1.54, 1.807) is 11.3 Å². The first-order valence-corrected chi connectivity index (χ1v) is 11.7. The molecule has 0 bridgehead atoms. The summed E-state index contributed by atoms with van der Waals surface area (Å²) in [6.07, 6.45) is 4.01. The third-order valence-electron chi connectivity index (χ3n) is 5.07. The predicted molar refractivity (Wildman–Crippen MR) is 121 cm³/mol. The van der Waals surface area contributed by atoms with E-state index in [2.05, 4.69) is 33.2 Å². The molecular formula is C21H25N5OS2. The maximum atomic E-state index is 12.5. The number of nitrogens with zero attached hydrogens (tertiary/aromatic N) is 4. The van der Waals surface area contributed by atoms with Gasteiger partial charge in [0.25, 0.3) is 0 Å². The Morgan fingerprint density at radius 1 is 1.34 bits per heavy atom. The van der Waals surface area contributed by atoms with Crippen molar-refractivity contribution in [1.29, 1.82) is 0 Å². The third-order valence-corrected chi connectivity index (χ3v) is 7.30. The smallest absolute Gasteiger partial charge is 0.234 e. The van der Waals surface area contributed by atoms with Crippen molar-refractivity contribution in [2.45, 2.75) is 38.6 Å². The first-order chi connectivity index (χ1) is 14.0. The topological polar surface area (TPSA) is 71.0 Å². The number of benzene rings is 1. The van der Waals surface area contributed by atoms with Gasteiger partial charge in [-0.2, -0.15) is 4.98 Å². The molecule has 1 aliphatic heterocycles. The zero-order chi connectivity index (χ0) is 20.4. The van der Waals surface area contributed by atoms with Crippen LogP contribution in [0.4, 0.5) is 10.8 Å². The van der Waals surface area contributed by atoms with Crippen molar-refractivity contribution < 1.29 is 4.79 Å². The Balaban J connectivity index is 1.45. The Bertz CT molecular complexity index is 1040. The number of thioether (sulfide) groups is 1. The van der Waals surface area contributed by atoms with Crippen LogP contribution in [0.1, 0.15) is 30.9 Å². The second kappa shape index (κ2) is 8.67. The van der Waals surface area contributed by atoms with E-state index in [1.165, 1.54) is 36.5 Å². The summed E-state index contributed by atoms with van der Waals surface area (Å²) in [5, 5.41) is 4.82. The minimum absolute atomic E-state index is 0.0386. The van der Waals surface area contributed by atoms with E-state index in [4.69, 9.17) is 4.98 Å². The number of amides is 1. The van der Waals surface area contributed by atoms with Crippen LogP contribution in [-0.4, -0.2) is 39.7 Å². The Morgan fingerprint density at radius 2 is 2.21 bits per heavy atom. The van der Waals surface area contributed by atoms with Gasteiger partial charge in [-0.15, -0.1) is 0 Å². The average Bonchev–Trinajstić information content (AvgIpc) is 3.13. The number of piperidine rings is 1. The lowest BCUT2D eigenvalue weighted by molar-refractivity contribution is -0.113. The van der Waals surface area contributed by atoms with Crippen LogP contribution in [0.2, 0.25) is 0 Å². The van der Waals surface area contributed by atoms with Gasteiger partial charge in [-0.1, -0.05) is 47.7 Å². The highest BCUT2D eigenvalue weighted by molar-refractivity contribution is 8.00. The average molecular weight is 428 g/mol. The van der Waals surface area contributed by atoms with Gasteiger partial charge < -0.3 is 10.2 Å². The number of anilines is 2. The van der Waals surface area contributed by atoms with Crippen LogP contribution in [-0.2, 0) is 4.79 Å². The maximum Gasteiger partial charge on any atom is 0.234 e. The minimum Gasteiger partial charge on any atom is -0.348 e. The first kappa shape index (κ1) is 20.1. The van der Waals surface area contributed by atoms with Crippen LogP contribution >= 0.6 is 23.1 Å². The molecule has 3 heterocycles. The molecule has 1 saturated heterocycles. The number of aromatic nitrogens is 3. The molecular weight excluding hydrogens is 402 g/mol. The quantitative estimate of drug-likeness (QED) is 0.471. The van der Waals surface area contributed by atoms with Gasteiger partial charge in [0.05, 0.1) is 5.75 Å². The number of hydrogen-bond acceptors (Lipinski definition) is 7. The molecule has 1 aliphatic rings. The molecule has 3 aromatic rings. The van der Waals surface area contributed by atoms with Crippen molar-refractivity contribution in [3.05, 3.63) is 35.7 Å². The van der Waals surface area contributed by atoms with Crippen LogP contribution in [0.3, 0.4) is 0 Å². The molecule has 152 valence electrons. The van der Waals surface area contributed by atoms with E-state index < -0.39 is 0 Å². The standard InChI is InChI=1S/C21H25N5OS2/c1-13-6-7-16(15(3)9-13)24-17(27)11-28-20-18-19(22-12-23-20)25-21(29-18)26-8-4-5-14(2)10-26/h6-7,9,12,14H,4-5,8,10-11H2,1-3H3,(H,24,27)/t14-/m0/s1. The van der Waals surface area contributed by atoms with Crippen molar-refractivity contribution in [3.8, 4) is 0 Å². The van der Waals surface area contributed by atoms with Crippen LogP contribution in [0.25, 0.3) is 10.3 Å². The van der Waals surface area contributed by atoms with Crippen molar-refractivity contribution in [2.75, 3.05) is 29.1 Å². The van der Waals surface area contributed by atoms with Gasteiger partial charge in [-0.05, 0) is 44.2 Å². The summed E-state index contributed by atoms with van der Waals surface area (Å²) in [6.45, 7) is 8.41. The van der Waals surface area contributed by atoms with Gasteiger partial charge in [0.15, 0.2) is 10.8 Å². The second-order valence-electron chi connectivity index (χ2n) is 7.68. The summed E-state index contributed by atoms with van der Waals surface area (Å²) in [6, 6.07) is 6.02. The molecule has 6 nitrogen and oxygen atoms in total. The summed E-state index contributed by atoms with van der Waals surface area (Å²) >= 11 is 3.06. The fourth-order valence-electron chi connectivity index (χ4n) is 3.60. The molecule has 0 spiro atoms. The van der Waals surface area contributed by atoms with Crippen molar-refractivity contribution in [2.24, 2.45) is 5.92 Å². The number of rotatable bonds is 5. The van der Waals surface area contributed by atoms with Gasteiger partial charge in [0, 0.05) is 18.8 Å². The number of thiazole rings is 1. The Morgan fingerprint density at radius 3 is 3.00 bits per heavy atom. The number of aryl methyl sites for hydroxylation is 2. The predicted octanol–water partition coefficient (Wildman–Crippen LogP) is 4.67. The fraction of sp³-hybridized carbons (Fsp3) is 0.429. The lowest BCUT2D eigenvalue weighted by Gasteiger charge is -2.30. The molecule has 0 aliphatic carbocycles. The Kier molecular flexibility index (Phi) is 6.01.